The highest BCUT2D eigenvalue weighted by atomic mass is 28.4. The van der Waals surface area contributed by atoms with E-state index >= 15 is 0 Å². The van der Waals surface area contributed by atoms with E-state index < -0.39 is 8.32 Å². The van der Waals surface area contributed by atoms with Crippen LogP contribution in [0.25, 0.3) is 0 Å². The molecule has 0 aromatic heterocycles. The van der Waals surface area contributed by atoms with Crippen molar-refractivity contribution in [2.45, 2.75) is 57.8 Å². The van der Waals surface area contributed by atoms with Crippen molar-refractivity contribution in [3.63, 3.8) is 0 Å². The van der Waals surface area contributed by atoms with Crippen LogP contribution >= 0.6 is 0 Å². The fourth-order valence-corrected chi connectivity index (χ4v) is 2.07. The SMILES string of the molecule is CC(C)(C)[Si](C)(C)OCCCC(N)CO. The number of rotatable bonds is 6. The zero-order valence-electron chi connectivity index (χ0n) is 10.8. The molecule has 0 bridgehead atoms. The lowest BCUT2D eigenvalue weighted by atomic mass is 10.2. The topological polar surface area (TPSA) is 55.5 Å². The standard InChI is InChI=1S/C11H27NO2Si/c1-11(2,3)15(4,5)14-8-6-7-10(12)9-13/h10,13H,6-9,12H2,1-5H3. The van der Waals surface area contributed by atoms with Gasteiger partial charge in [0.05, 0.1) is 6.61 Å². The minimum atomic E-state index is -1.59. The van der Waals surface area contributed by atoms with Crippen LogP contribution in [0.4, 0.5) is 0 Å². The molecule has 0 spiro atoms. The van der Waals surface area contributed by atoms with Gasteiger partial charge in [-0.15, -0.1) is 0 Å². The Bertz CT molecular complexity index is 178. The van der Waals surface area contributed by atoms with Gasteiger partial charge < -0.3 is 15.3 Å². The maximum absolute atomic E-state index is 8.77. The van der Waals surface area contributed by atoms with Crippen LogP contribution in [0.3, 0.4) is 0 Å². The Balaban J connectivity index is 3.77. The molecule has 1 atom stereocenters. The number of nitrogens with two attached hydrogens (primary N) is 1. The maximum atomic E-state index is 8.77. The molecule has 0 fully saturated rings. The van der Waals surface area contributed by atoms with Gasteiger partial charge in [-0.2, -0.15) is 0 Å². The lowest BCUT2D eigenvalue weighted by Crippen LogP contribution is -2.41. The third-order valence-electron chi connectivity index (χ3n) is 3.22. The van der Waals surface area contributed by atoms with Crippen molar-refractivity contribution in [3.05, 3.63) is 0 Å². The van der Waals surface area contributed by atoms with Crippen molar-refractivity contribution in [1.82, 2.24) is 0 Å². The Morgan fingerprint density at radius 2 is 1.87 bits per heavy atom. The van der Waals surface area contributed by atoms with Crippen molar-refractivity contribution >= 4 is 8.32 Å². The molecule has 0 aliphatic rings. The van der Waals surface area contributed by atoms with Gasteiger partial charge in [0.2, 0.25) is 0 Å². The predicted molar refractivity (Wildman–Crippen MR) is 67.4 cm³/mol. The second-order valence-corrected chi connectivity index (χ2v) is 10.5. The molecule has 0 aromatic rings. The van der Waals surface area contributed by atoms with Gasteiger partial charge in [0.15, 0.2) is 8.32 Å². The van der Waals surface area contributed by atoms with E-state index in [2.05, 4.69) is 33.9 Å². The highest BCUT2D eigenvalue weighted by molar-refractivity contribution is 6.74. The average molecular weight is 233 g/mol. The largest absolute Gasteiger partial charge is 0.417 e. The molecule has 3 nitrogen and oxygen atoms in total. The zero-order chi connectivity index (χ0) is 12.1. The Morgan fingerprint density at radius 1 is 1.33 bits per heavy atom. The third kappa shape index (κ3) is 5.66. The summed E-state index contributed by atoms with van der Waals surface area (Å²) in [5, 5.41) is 9.04. The van der Waals surface area contributed by atoms with E-state index in [1.54, 1.807) is 0 Å². The molecule has 0 aliphatic carbocycles. The summed E-state index contributed by atoms with van der Waals surface area (Å²) in [5.74, 6) is 0. The second-order valence-electron chi connectivity index (χ2n) is 5.69. The first-order chi connectivity index (χ1) is 6.70. The van der Waals surface area contributed by atoms with Crippen LogP contribution < -0.4 is 5.73 Å². The molecule has 4 heteroatoms. The van der Waals surface area contributed by atoms with Gasteiger partial charge in [0.25, 0.3) is 0 Å². The van der Waals surface area contributed by atoms with Crippen molar-refractivity contribution in [2.24, 2.45) is 5.73 Å². The van der Waals surface area contributed by atoms with Gasteiger partial charge in [-0.3, -0.25) is 0 Å². The number of aliphatic hydroxyl groups is 1. The highest BCUT2D eigenvalue weighted by Gasteiger charge is 2.36. The molecule has 0 rings (SSSR count). The fourth-order valence-electron chi connectivity index (χ4n) is 0.981. The summed E-state index contributed by atoms with van der Waals surface area (Å²) in [6, 6.07) is -0.0898. The minimum Gasteiger partial charge on any atom is -0.417 e. The summed E-state index contributed by atoms with van der Waals surface area (Å²) < 4.78 is 5.99. The van der Waals surface area contributed by atoms with Crippen LogP contribution in [0.5, 0.6) is 0 Å². The smallest absolute Gasteiger partial charge is 0.191 e. The van der Waals surface area contributed by atoms with Crippen molar-refractivity contribution in [1.29, 1.82) is 0 Å². The molecule has 15 heavy (non-hydrogen) atoms. The van der Waals surface area contributed by atoms with Crippen LogP contribution in [0, 0.1) is 0 Å². The highest BCUT2D eigenvalue weighted by Crippen LogP contribution is 2.36. The lowest BCUT2D eigenvalue weighted by Gasteiger charge is -2.36. The predicted octanol–water partition coefficient (Wildman–Crippen LogP) is 2.11. The number of hydrogen-bond acceptors (Lipinski definition) is 3. The summed E-state index contributed by atoms with van der Waals surface area (Å²) in [4.78, 5) is 0. The summed E-state index contributed by atoms with van der Waals surface area (Å²) in [5.41, 5.74) is 5.61. The molecule has 0 saturated heterocycles. The van der Waals surface area contributed by atoms with Crippen molar-refractivity contribution in [2.75, 3.05) is 13.2 Å². The van der Waals surface area contributed by atoms with E-state index in [1.165, 1.54) is 0 Å². The van der Waals surface area contributed by atoms with E-state index in [0.717, 1.165) is 19.4 Å². The Hall–Kier alpha value is 0.0969. The molecule has 0 heterocycles. The van der Waals surface area contributed by atoms with Gasteiger partial charge in [0.1, 0.15) is 0 Å². The van der Waals surface area contributed by atoms with E-state index in [0.29, 0.717) is 0 Å². The maximum Gasteiger partial charge on any atom is 0.191 e. The van der Waals surface area contributed by atoms with Gasteiger partial charge >= 0.3 is 0 Å². The van der Waals surface area contributed by atoms with Gasteiger partial charge in [-0.05, 0) is 31.0 Å². The van der Waals surface area contributed by atoms with E-state index in [4.69, 9.17) is 15.3 Å². The normalized spacial score (nSPS) is 15.4. The third-order valence-corrected chi connectivity index (χ3v) is 7.76. The summed E-state index contributed by atoms with van der Waals surface area (Å²) in [6.07, 6.45) is 1.78. The number of hydrogen-bond donors (Lipinski definition) is 2. The van der Waals surface area contributed by atoms with Crippen LogP contribution in [-0.2, 0) is 4.43 Å². The zero-order valence-corrected chi connectivity index (χ0v) is 11.8. The molecule has 92 valence electrons. The Labute approximate surface area is 95.1 Å². The van der Waals surface area contributed by atoms with Gasteiger partial charge in [0, 0.05) is 12.6 Å². The Morgan fingerprint density at radius 3 is 2.27 bits per heavy atom. The average Bonchev–Trinajstić information content (AvgIpc) is 2.10. The first kappa shape index (κ1) is 15.1. The van der Waals surface area contributed by atoms with E-state index in [-0.39, 0.29) is 17.7 Å². The van der Waals surface area contributed by atoms with Crippen LogP contribution in [0.1, 0.15) is 33.6 Å². The van der Waals surface area contributed by atoms with Gasteiger partial charge in [-0.25, -0.2) is 0 Å². The molecule has 0 aliphatic heterocycles. The van der Waals surface area contributed by atoms with E-state index in [1.807, 2.05) is 0 Å². The van der Waals surface area contributed by atoms with Crippen molar-refractivity contribution in [3.8, 4) is 0 Å². The van der Waals surface area contributed by atoms with Crippen LogP contribution in [0.15, 0.2) is 0 Å². The number of aliphatic hydroxyl groups excluding tert-OH is 1. The molecule has 0 amide bonds. The van der Waals surface area contributed by atoms with Crippen LogP contribution in [0.2, 0.25) is 18.1 Å². The Kier molecular flexibility index (Phi) is 6.03. The summed E-state index contributed by atoms with van der Waals surface area (Å²) >= 11 is 0. The lowest BCUT2D eigenvalue weighted by molar-refractivity contribution is 0.238. The van der Waals surface area contributed by atoms with Crippen molar-refractivity contribution < 1.29 is 9.53 Å². The molecular formula is C11H27NO2Si. The van der Waals surface area contributed by atoms with Gasteiger partial charge in [-0.1, -0.05) is 20.8 Å². The fraction of sp³-hybridized carbons (Fsp3) is 1.00. The first-order valence-corrected chi connectivity index (χ1v) is 8.62. The summed E-state index contributed by atoms with van der Waals surface area (Å²) in [7, 11) is -1.59. The molecule has 1 unspecified atom stereocenters. The monoisotopic (exact) mass is 233 g/mol. The molecule has 0 radical (unpaired) electrons. The molecule has 0 aromatic carbocycles. The molecular weight excluding hydrogens is 206 g/mol. The second kappa shape index (κ2) is 5.99. The van der Waals surface area contributed by atoms with E-state index in [9.17, 15) is 0 Å². The molecule has 3 N–H and O–H groups in total. The first-order valence-electron chi connectivity index (χ1n) is 5.71. The van der Waals surface area contributed by atoms with Crippen LogP contribution in [-0.4, -0.2) is 32.7 Å². The quantitative estimate of drug-likeness (QED) is 0.546. The summed E-state index contributed by atoms with van der Waals surface area (Å²) in [6.45, 7) is 12.0. The molecule has 0 saturated carbocycles. The minimum absolute atomic E-state index is 0.0695.